The van der Waals surface area contributed by atoms with E-state index in [0.29, 0.717) is 36.3 Å². The Labute approximate surface area is 110 Å². The second-order valence-corrected chi connectivity index (χ2v) is 4.95. The van der Waals surface area contributed by atoms with Crippen LogP contribution in [0.2, 0.25) is 0 Å². The van der Waals surface area contributed by atoms with E-state index in [1.807, 2.05) is 0 Å². The lowest BCUT2D eigenvalue weighted by molar-refractivity contribution is -0.0177. The van der Waals surface area contributed by atoms with Gasteiger partial charge in [0.05, 0.1) is 6.61 Å². The lowest BCUT2D eigenvalue weighted by Gasteiger charge is -2.29. The maximum absolute atomic E-state index is 14.3. The zero-order valence-corrected chi connectivity index (χ0v) is 10.4. The summed E-state index contributed by atoms with van der Waals surface area (Å²) in [6, 6.07) is 2.98. The Morgan fingerprint density at radius 1 is 1.32 bits per heavy atom. The standard InChI is InChI=1S/C14H14FNO3/c15-11-3-4-12-10(7-18-9-19-12)13(11)14(16-8-17)5-1-2-6-14/h3-4H,1-2,5-7,9H2. The number of nitrogens with zero attached hydrogens (tertiary/aromatic N) is 1. The number of benzene rings is 1. The molecule has 1 saturated carbocycles. The second kappa shape index (κ2) is 4.76. The van der Waals surface area contributed by atoms with E-state index < -0.39 is 5.54 Å². The Morgan fingerprint density at radius 2 is 2.11 bits per heavy atom. The SMILES string of the molecule is O=C=NC1(c2c(F)ccc3c2COCO3)CCCC1. The molecule has 0 unspecified atom stereocenters. The fourth-order valence-corrected chi connectivity index (χ4v) is 3.10. The minimum absolute atomic E-state index is 0.169. The van der Waals surface area contributed by atoms with Gasteiger partial charge in [-0.15, -0.1) is 0 Å². The summed E-state index contributed by atoms with van der Waals surface area (Å²) in [5.41, 5.74) is 0.332. The molecule has 1 fully saturated rings. The number of aliphatic imine (C=N–C) groups is 1. The molecule has 1 aliphatic heterocycles. The molecule has 5 heteroatoms. The summed E-state index contributed by atoms with van der Waals surface area (Å²) >= 11 is 0. The van der Waals surface area contributed by atoms with Crippen molar-refractivity contribution in [1.29, 1.82) is 0 Å². The lowest BCUT2D eigenvalue weighted by Crippen LogP contribution is -2.25. The van der Waals surface area contributed by atoms with Crippen molar-refractivity contribution in [2.24, 2.45) is 4.99 Å². The molecule has 0 spiro atoms. The molecule has 4 nitrogen and oxygen atoms in total. The molecule has 0 radical (unpaired) electrons. The first-order valence-electron chi connectivity index (χ1n) is 6.38. The normalized spacial score (nSPS) is 20.3. The van der Waals surface area contributed by atoms with Crippen molar-refractivity contribution < 1.29 is 18.7 Å². The highest BCUT2D eigenvalue weighted by Gasteiger charge is 2.41. The Kier molecular flexibility index (Phi) is 3.09. The van der Waals surface area contributed by atoms with E-state index in [2.05, 4.69) is 4.99 Å². The molecule has 0 N–H and O–H groups in total. The van der Waals surface area contributed by atoms with E-state index in [9.17, 15) is 9.18 Å². The van der Waals surface area contributed by atoms with Crippen LogP contribution in [0.15, 0.2) is 17.1 Å². The summed E-state index contributed by atoms with van der Waals surface area (Å²) in [6.07, 6.45) is 4.79. The first kappa shape index (κ1) is 12.3. The van der Waals surface area contributed by atoms with Gasteiger partial charge in [-0.05, 0) is 25.0 Å². The van der Waals surface area contributed by atoms with Gasteiger partial charge in [-0.3, -0.25) is 0 Å². The minimum Gasteiger partial charge on any atom is -0.467 e. The molecule has 100 valence electrons. The highest BCUT2D eigenvalue weighted by Crippen LogP contribution is 2.46. The minimum atomic E-state index is -0.790. The average molecular weight is 263 g/mol. The van der Waals surface area contributed by atoms with E-state index in [0.717, 1.165) is 12.8 Å². The maximum Gasteiger partial charge on any atom is 0.235 e. The van der Waals surface area contributed by atoms with Gasteiger partial charge in [0.25, 0.3) is 0 Å². The molecule has 1 aromatic carbocycles. The molecule has 2 aliphatic rings. The van der Waals surface area contributed by atoms with Gasteiger partial charge in [0.15, 0.2) is 6.79 Å². The molecule has 19 heavy (non-hydrogen) atoms. The van der Waals surface area contributed by atoms with E-state index in [1.165, 1.54) is 6.07 Å². The maximum atomic E-state index is 14.3. The largest absolute Gasteiger partial charge is 0.467 e. The second-order valence-electron chi connectivity index (χ2n) is 4.95. The van der Waals surface area contributed by atoms with Crippen LogP contribution >= 0.6 is 0 Å². The zero-order chi connectivity index (χ0) is 13.3. The van der Waals surface area contributed by atoms with Gasteiger partial charge in [0.1, 0.15) is 17.1 Å². The van der Waals surface area contributed by atoms with Gasteiger partial charge in [-0.1, -0.05) is 12.8 Å². The van der Waals surface area contributed by atoms with Crippen LogP contribution in [0.1, 0.15) is 36.8 Å². The number of hydrogen-bond acceptors (Lipinski definition) is 4. The monoisotopic (exact) mass is 263 g/mol. The van der Waals surface area contributed by atoms with Crippen molar-refractivity contribution in [3.05, 3.63) is 29.1 Å². The van der Waals surface area contributed by atoms with Crippen LogP contribution in [0.25, 0.3) is 0 Å². The summed E-state index contributed by atoms with van der Waals surface area (Å²) < 4.78 is 24.9. The third-order valence-electron chi connectivity index (χ3n) is 3.92. The molecule has 1 heterocycles. The van der Waals surface area contributed by atoms with Crippen molar-refractivity contribution in [3.63, 3.8) is 0 Å². The molecule has 0 saturated heterocycles. The van der Waals surface area contributed by atoms with Crippen LogP contribution < -0.4 is 4.74 Å². The number of isocyanates is 1. The van der Waals surface area contributed by atoms with Crippen molar-refractivity contribution in [1.82, 2.24) is 0 Å². The van der Waals surface area contributed by atoms with Crippen molar-refractivity contribution in [2.45, 2.75) is 37.8 Å². The summed E-state index contributed by atoms with van der Waals surface area (Å²) in [5, 5.41) is 0. The van der Waals surface area contributed by atoms with Gasteiger partial charge >= 0.3 is 0 Å². The van der Waals surface area contributed by atoms with E-state index in [4.69, 9.17) is 9.47 Å². The Hall–Kier alpha value is -1.71. The molecule has 1 aliphatic carbocycles. The van der Waals surface area contributed by atoms with Crippen LogP contribution in [-0.4, -0.2) is 12.9 Å². The Morgan fingerprint density at radius 3 is 2.84 bits per heavy atom. The van der Waals surface area contributed by atoms with Crippen LogP contribution in [0.3, 0.4) is 0 Å². The number of carbonyl (C=O) groups excluding carboxylic acids is 1. The Balaban J connectivity index is 2.20. The van der Waals surface area contributed by atoms with E-state index >= 15 is 0 Å². The molecular formula is C14H14FNO3. The molecular weight excluding hydrogens is 249 g/mol. The number of halogens is 1. The Bertz CT molecular complexity index is 546. The van der Waals surface area contributed by atoms with Crippen LogP contribution in [0, 0.1) is 5.82 Å². The third kappa shape index (κ3) is 1.95. The first-order valence-corrected chi connectivity index (χ1v) is 6.38. The summed E-state index contributed by atoms with van der Waals surface area (Å²) in [7, 11) is 0. The smallest absolute Gasteiger partial charge is 0.235 e. The van der Waals surface area contributed by atoms with E-state index in [-0.39, 0.29) is 12.6 Å². The van der Waals surface area contributed by atoms with Gasteiger partial charge < -0.3 is 9.47 Å². The fraction of sp³-hybridized carbons (Fsp3) is 0.500. The quantitative estimate of drug-likeness (QED) is 0.609. The van der Waals surface area contributed by atoms with Crippen molar-refractivity contribution in [3.8, 4) is 5.75 Å². The number of hydrogen-bond donors (Lipinski definition) is 0. The highest BCUT2D eigenvalue weighted by atomic mass is 19.1. The molecule has 0 bridgehead atoms. The van der Waals surface area contributed by atoms with Gasteiger partial charge in [-0.25, -0.2) is 9.18 Å². The number of fused-ring (bicyclic) bond motifs is 1. The van der Waals surface area contributed by atoms with Gasteiger partial charge in [-0.2, -0.15) is 4.99 Å². The van der Waals surface area contributed by atoms with Gasteiger partial charge in [0, 0.05) is 11.1 Å². The number of rotatable bonds is 2. The third-order valence-corrected chi connectivity index (χ3v) is 3.92. The zero-order valence-electron chi connectivity index (χ0n) is 10.4. The predicted molar refractivity (Wildman–Crippen MR) is 65.0 cm³/mol. The van der Waals surface area contributed by atoms with Gasteiger partial charge in [0.2, 0.25) is 6.08 Å². The molecule has 0 atom stereocenters. The fourth-order valence-electron chi connectivity index (χ4n) is 3.10. The van der Waals surface area contributed by atoms with Crippen LogP contribution in [0.5, 0.6) is 5.75 Å². The summed E-state index contributed by atoms with van der Waals surface area (Å²) in [6.45, 7) is 0.459. The molecule has 1 aromatic rings. The molecule has 0 aromatic heterocycles. The molecule has 0 amide bonds. The molecule has 3 rings (SSSR count). The number of ether oxygens (including phenoxy) is 2. The highest BCUT2D eigenvalue weighted by molar-refractivity contribution is 5.48. The van der Waals surface area contributed by atoms with E-state index in [1.54, 1.807) is 12.1 Å². The predicted octanol–water partition coefficient (Wildman–Crippen LogP) is 2.80. The summed E-state index contributed by atoms with van der Waals surface area (Å²) in [4.78, 5) is 14.7. The topological polar surface area (TPSA) is 47.9 Å². The summed E-state index contributed by atoms with van der Waals surface area (Å²) in [5.74, 6) is 0.267. The average Bonchev–Trinajstić information content (AvgIpc) is 2.88. The van der Waals surface area contributed by atoms with Crippen LogP contribution in [0.4, 0.5) is 4.39 Å². The van der Waals surface area contributed by atoms with Crippen molar-refractivity contribution >= 4 is 6.08 Å². The lowest BCUT2D eigenvalue weighted by atomic mass is 9.84. The van der Waals surface area contributed by atoms with Crippen molar-refractivity contribution in [2.75, 3.05) is 6.79 Å². The first-order chi connectivity index (χ1) is 9.27. The van der Waals surface area contributed by atoms with Crippen LogP contribution in [-0.2, 0) is 21.7 Å².